The number of carbonyl (C=O) groups is 2. The molecule has 2 saturated heterocycles. The maximum atomic E-state index is 13.9. The number of piperidine rings is 1. The van der Waals surface area contributed by atoms with Gasteiger partial charge in [0.15, 0.2) is 0 Å². The molecule has 1 aromatic carbocycles. The highest BCUT2D eigenvalue weighted by Crippen LogP contribution is 2.26. The predicted octanol–water partition coefficient (Wildman–Crippen LogP) is 1.84. The Hall–Kier alpha value is -2.84. The maximum Gasteiger partial charge on any atom is 0.243 e. The normalized spacial score (nSPS) is 20.4. The molecule has 1 aromatic heterocycles. The van der Waals surface area contributed by atoms with E-state index in [2.05, 4.69) is 15.4 Å². The van der Waals surface area contributed by atoms with E-state index in [-0.39, 0.29) is 30.9 Å². The summed E-state index contributed by atoms with van der Waals surface area (Å²) in [6.45, 7) is 4.59. The fourth-order valence-corrected chi connectivity index (χ4v) is 7.03. The van der Waals surface area contributed by atoms with Crippen LogP contribution in [0.2, 0.25) is 0 Å². The van der Waals surface area contributed by atoms with Gasteiger partial charge in [0.25, 0.3) is 0 Å². The zero-order chi connectivity index (χ0) is 30.3. The van der Waals surface area contributed by atoms with Crippen LogP contribution in [0.4, 0.5) is 0 Å². The molecule has 3 heterocycles. The molecule has 230 valence electrons. The molecule has 2 aliphatic rings. The molecule has 2 fully saturated rings. The highest BCUT2D eigenvalue weighted by Gasteiger charge is 2.42. The third kappa shape index (κ3) is 9.33. The van der Waals surface area contributed by atoms with Crippen LogP contribution in [0.5, 0.6) is 0 Å². The van der Waals surface area contributed by atoms with Gasteiger partial charge in [-0.2, -0.15) is 0 Å². The van der Waals surface area contributed by atoms with E-state index >= 15 is 0 Å². The van der Waals surface area contributed by atoms with Gasteiger partial charge in [-0.3, -0.25) is 15.0 Å². The van der Waals surface area contributed by atoms with Crippen molar-refractivity contribution in [2.75, 3.05) is 25.9 Å². The number of ether oxygens (including phenoxy) is 1. The molecule has 2 aliphatic heterocycles. The van der Waals surface area contributed by atoms with E-state index in [1.165, 1.54) is 16.2 Å². The molecule has 13 heteroatoms. The van der Waals surface area contributed by atoms with Crippen LogP contribution in [0.3, 0.4) is 0 Å². The Kier molecular flexibility index (Phi) is 11.1. The van der Waals surface area contributed by atoms with Crippen LogP contribution in [0, 0.1) is 18.3 Å². The largest absolute Gasteiger partial charge is 0.383 e. The van der Waals surface area contributed by atoms with Gasteiger partial charge in [0.1, 0.15) is 17.9 Å². The smallest absolute Gasteiger partial charge is 0.243 e. The number of rotatable bonds is 13. The van der Waals surface area contributed by atoms with Gasteiger partial charge in [-0.05, 0) is 69.3 Å². The van der Waals surface area contributed by atoms with Crippen LogP contribution >= 0.6 is 11.3 Å². The number of thiophene rings is 1. The summed E-state index contributed by atoms with van der Waals surface area (Å²) in [6.07, 6.45) is 4.01. The van der Waals surface area contributed by atoms with Crippen molar-refractivity contribution in [1.29, 1.82) is 5.41 Å². The monoisotopic (exact) mass is 618 g/mol. The third-order valence-electron chi connectivity index (χ3n) is 7.80. The minimum Gasteiger partial charge on any atom is -0.383 e. The summed E-state index contributed by atoms with van der Waals surface area (Å²) in [6, 6.07) is 9.75. The molecule has 4 rings (SSSR count). The van der Waals surface area contributed by atoms with Crippen LogP contribution in [0.15, 0.2) is 36.4 Å². The minimum atomic E-state index is -3.67. The number of sulfonamides is 1. The third-order valence-corrected chi connectivity index (χ3v) is 9.63. The molecule has 0 bridgehead atoms. The number of nitrogens with zero attached hydrogens (tertiary/aromatic N) is 1. The van der Waals surface area contributed by atoms with Crippen molar-refractivity contribution < 1.29 is 22.7 Å². The summed E-state index contributed by atoms with van der Waals surface area (Å²) >= 11 is 1.32. The number of benzene rings is 1. The number of nitrogens with two attached hydrogens (primary N) is 1. The lowest BCUT2D eigenvalue weighted by Crippen LogP contribution is -2.53. The number of hydrogen-bond acceptors (Lipinski definition) is 8. The number of carbonyl (C=O) groups excluding carboxylic acids is 2. The van der Waals surface area contributed by atoms with E-state index in [0.29, 0.717) is 30.2 Å². The summed E-state index contributed by atoms with van der Waals surface area (Å²) < 4.78 is 33.2. The Bertz CT molecular complexity index is 1340. The molecular formula is C29H42N6O5S2. The van der Waals surface area contributed by atoms with Gasteiger partial charge in [-0.15, -0.1) is 11.3 Å². The van der Waals surface area contributed by atoms with E-state index in [4.69, 9.17) is 15.9 Å². The second-order valence-corrected chi connectivity index (χ2v) is 14.2. The van der Waals surface area contributed by atoms with E-state index in [9.17, 15) is 18.0 Å². The van der Waals surface area contributed by atoms with Gasteiger partial charge in [0, 0.05) is 17.8 Å². The van der Waals surface area contributed by atoms with Gasteiger partial charge < -0.3 is 26.0 Å². The summed E-state index contributed by atoms with van der Waals surface area (Å²) in [4.78, 5) is 30.3. The molecule has 0 unspecified atom stereocenters. The molecular weight excluding hydrogens is 576 g/mol. The Balaban J connectivity index is 1.48. The number of likely N-dealkylation sites (tertiary alicyclic amines) is 1. The summed E-state index contributed by atoms with van der Waals surface area (Å²) in [5.41, 5.74) is 7.70. The second kappa shape index (κ2) is 14.6. The van der Waals surface area contributed by atoms with E-state index < -0.39 is 28.0 Å². The Labute approximate surface area is 252 Å². The highest BCUT2D eigenvalue weighted by molar-refractivity contribution is 7.88. The summed E-state index contributed by atoms with van der Waals surface area (Å²) in [7, 11) is -3.67. The molecule has 2 amide bonds. The topological polar surface area (TPSA) is 167 Å². The summed E-state index contributed by atoms with van der Waals surface area (Å²) in [5.74, 6) is -0.366. The average Bonchev–Trinajstić information content (AvgIpc) is 3.61. The standard InChI is InChI=1S/C29H42N6O5S2/c1-19-3-5-21(6-4-19)18-40-22-15-25(28(36)33-16-23-8-10-26(41-23)27(30)31)35(17-22)29(37)24(34-42(2,38)39)9-7-20-11-13-32-14-12-20/h3-6,8,10,20,22,24-25,32,34H,7,9,11-18H2,1-2H3,(H3,30,31)(H,33,36)/t22-,24-,25-/m1/s1. The molecule has 6 N–H and O–H groups in total. The number of nitrogens with one attached hydrogen (secondary N) is 4. The van der Waals surface area contributed by atoms with Crippen LogP contribution < -0.4 is 21.1 Å². The molecule has 42 heavy (non-hydrogen) atoms. The number of amidine groups is 1. The average molecular weight is 619 g/mol. The number of aryl methyl sites for hydroxylation is 1. The van der Waals surface area contributed by atoms with Gasteiger partial charge in [0.05, 0.1) is 30.4 Å². The Morgan fingerprint density at radius 2 is 1.90 bits per heavy atom. The molecule has 11 nitrogen and oxygen atoms in total. The summed E-state index contributed by atoms with van der Waals surface area (Å²) in [5, 5.41) is 13.8. The molecule has 0 radical (unpaired) electrons. The van der Waals surface area contributed by atoms with Gasteiger partial charge in [0.2, 0.25) is 21.8 Å². The van der Waals surface area contributed by atoms with Gasteiger partial charge >= 0.3 is 0 Å². The van der Waals surface area contributed by atoms with Crippen LogP contribution in [0.25, 0.3) is 0 Å². The van der Waals surface area contributed by atoms with E-state index in [1.807, 2.05) is 31.2 Å². The van der Waals surface area contributed by atoms with Crippen molar-refractivity contribution in [3.63, 3.8) is 0 Å². The van der Waals surface area contributed by atoms with Crippen molar-refractivity contribution in [1.82, 2.24) is 20.3 Å². The van der Waals surface area contributed by atoms with Gasteiger partial charge in [-0.25, -0.2) is 13.1 Å². The number of hydrogen-bond donors (Lipinski definition) is 5. The molecule has 0 spiro atoms. The quantitative estimate of drug-likeness (QED) is 0.169. The highest BCUT2D eigenvalue weighted by atomic mass is 32.2. The van der Waals surface area contributed by atoms with Crippen LogP contribution in [-0.2, 0) is 37.5 Å². The van der Waals surface area contributed by atoms with Crippen LogP contribution in [0.1, 0.15) is 53.0 Å². The Morgan fingerprint density at radius 1 is 1.19 bits per heavy atom. The van der Waals surface area contributed by atoms with E-state index in [0.717, 1.165) is 54.6 Å². The maximum absolute atomic E-state index is 13.9. The first-order chi connectivity index (χ1) is 20.0. The van der Waals surface area contributed by atoms with Gasteiger partial charge in [-0.1, -0.05) is 29.8 Å². The first-order valence-corrected chi connectivity index (χ1v) is 17.1. The zero-order valence-corrected chi connectivity index (χ0v) is 25.9. The van der Waals surface area contributed by atoms with Crippen molar-refractivity contribution >= 4 is 39.0 Å². The first-order valence-electron chi connectivity index (χ1n) is 14.3. The van der Waals surface area contributed by atoms with Crippen molar-refractivity contribution in [3.8, 4) is 0 Å². The predicted molar refractivity (Wildman–Crippen MR) is 164 cm³/mol. The van der Waals surface area contributed by atoms with Crippen LogP contribution in [-0.4, -0.2) is 75.0 Å². The Morgan fingerprint density at radius 3 is 2.55 bits per heavy atom. The fraction of sp³-hybridized carbons (Fsp3) is 0.552. The SMILES string of the molecule is Cc1ccc(CO[C@@H]2C[C@H](C(=O)NCc3ccc(C(=N)N)s3)N(C(=O)[C@@H](CCC3CCNCC3)NS(C)(=O)=O)C2)cc1. The molecule has 3 atom stereocenters. The first kappa shape index (κ1) is 32.1. The molecule has 2 aromatic rings. The molecule has 0 aliphatic carbocycles. The zero-order valence-electron chi connectivity index (χ0n) is 24.2. The minimum absolute atomic E-state index is 0.0346. The number of nitrogen functional groups attached to an aromatic ring is 1. The lowest BCUT2D eigenvalue weighted by molar-refractivity contribution is -0.140. The van der Waals surface area contributed by atoms with E-state index in [1.54, 1.807) is 12.1 Å². The fourth-order valence-electron chi connectivity index (χ4n) is 5.48. The van der Waals surface area contributed by atoms with Crippen molar-refractivity contribution in [3.05, 3.63) is 57.3 Å². The second-order valence-electron chi connectivity index (χ2n) is 11.3. The lowest BCUT2D eigenvalue weighted by atomic mass is 9.91. The number of amides is 2. The van der Waals surface area contributed by atoms with Crippen molar-refractivity contribution in [2.24, 2.45) is 11.7 Å². The lowest BCUT2D eigenvalue weighted by Gasteiger charge is -2.29. The van der Waals surface area contributed by atoms with Crippen molar-refractivity contribution in [2.45, 2.75) is 70.4 Å². The molecule has 0 saturated carbocycles.